The van der Waals surface area contributed by atoms with Crippen LogP contribution in [0.5, 0.6) is 0 Å². The van der Waals surface area contributed by atoms with Crippen LogP contribution in [0.25, 0.3) is 0 Å². The first-order valence-corrected chi connectivity index (χ1v) is 7.55. The molecule has 0 aliphatic carbocycles. The van der Waals surface area contributed by atoms with E-state index in [0.717, 1.165) is 0 Å². The van der Waals surface area contributed by atoms with Crippen molar-refractivity contribution in [3.8, 4) is 0 Å². The number of ether oxygens (including phenoxy) is 3. The molecule has 0 amide bonds. The maximum Gasteiger partial charge on any atom is 0.341 e. The molecule has 0 spiro atoms. The Morgan fingerprint density at radius 1 is 1.17 bits per heavy atom. The van der Waals surface area contributed by atoms with Crippen molar-refractivity contribution in [3.05, 3.63) is 17.2 Å². The van der Waals surface area contributed by atoms with E-state index in [1.165, 1.54) is 6.07 Å². The van der Waals surface area contributed by atoms with E-state index in [9.17, 15) is 9.59 Å². The lowest BCUT2D eigenvalue weighted by Crippen LogP contribution is -2.38. The zero-order valence-corrected chi connectivity index (χ0v) is 13.3. The van der Waals surface area contributed by atoms with Crippen molar-refractivity contribution in [2.45, 2.75) is 13.8 Å². The first-order chi connectivity index (χ1) is 11.1. The van der Waals surface area contributed by atoms with Gasteiger partial charge in [-0.3, -0.25) is 0 Å². The number of carbonyl (C=O) groups is 2. The molecule has 0 atom stereocenters. The van der Waals surface area contributed by atoms with E-state index in [0.29, 0.717) is 32.1 Å². The Morgan fingerprint density at radius 3 is 2.30 bits per heavy atom. The molecule has 0 radical (unpaired) electrons. The Kier molecular flexibility index (Phi) is 5.75. The summed E-state index contributed by atoms with van der Waals surface area (Å²) in [4.78, 5) is 30.3. The monoisotopic (exact) mass is 323 g/mol. The molecule has 1 aliphatic rings. The Morgan fingerprint density at radius 2 is 1.74 bits per heavy atom. The number of nitrogens with zero attached hydrogens (tertiary/aromatic N) is 2. The summed E-state index contributed by atoms with van der Waals surface area (Å²) in [6.07, 6.45) is 0. The SMILES string of the molecule is CCOC(=O)c1cc(C(=O)OCC)c(N2CCOCC2)nc1N. The number of aromatic nitrogens is 1. The number of esters is 2. The highest BCUT2D eigenvalue weighted by molar-refractivity contribution is 6.01. The minimum Gasteiger partial charge on any atom is -0.462 e. The van der Waals surface area contributed by atoms with Crippen molar-refractivity contribution in [1.82, 2.24) is 4.98 Å². The predicted octanol–water partition coefficient (Wildman–Crippen LogP) is 0.854. The van der Waals surface area contributed by atoms with Gasteiger partial charge in [-0.25, -0.2) is 14.6 Å². The van der Waals surface area contributed by atoms with Gasteiger partial charge >= 0.3 is 11.9 Å². The van der Waals surface area contributed by atoms with Gasteiger partial charge < -0.3 is 24.8 Å². The summed E-state index contributed by atoms with van der Waals surface area (Å²) in [6.45, 7) is 6.06. The van der Waals surface area contributed by atoms with Crippen LogP contribution in [0.4, 0.5) is 11.6 Å². The number of hydrogen-bond donors (Lipinski definition) is 1. The predicted molar refractivity (Wildman–Crippen MR) is 83.6 cm³/mol. The zero-order valence-electron chi connectivity index (χ0n) is 13.3. The lowest BCUT2D eigenvalue weighted by molar-refractivity contribution is 0.0525. The molecule has 1 saturated heterocycles. The van der Waals surface area contributed by atoms with Gasteiger partial charge in [-0.15, -0.1) is 0 Å². The van der Waals surface area contributed by atoms with Gasteiger partial charge in [0.1, 0.15) is 22.8 Å². The first-order valence-electron chi connectivity index (χ1n) is 7.55. The normalized spacial score (nSPS) is 14.4. The van der Waals surface area contributed by atoms with Crippen molar-refractivity contribution in [3.63, 3.8) is 0 Å². The van der Waals surface area contributed by atoms with Crippen molar-refractivity contribution < 1.29 is 23.8 Å². The number of pyridine rings is 1. The van der Waals surface area contributed by atoms with Crippen molar-refractivity contribution >= 4 is 23.6 Å². The third-order valence-electron chi connectivity index (χ3n) is 3.33. The van der Waals surface area contributed by atoms with Crippen LogP contribution < -0.4 is 10.6 Å². The van der Waals surface area contributed by atoms with Gasteiger partial charge in [0.15, 0.2) is 0 Å². The highest BCUT2D eigenvalue weighted by Gasteiger charge is 2.25. The largest absolute Gasteiger partial charge is 0.462 e. The summed E-state index contributed by atoms with van der Waals surface area (Å²) < 4.78 is 15.3. The maximum absolute atomic E-state index is 12.2. The smallest absolute Gasteiger partial charge is 0.341 e. The van der Waals surface area contributed by atoms with E-state index >= 15 is 0 Å². The lowest BCUT2D eigenvalue weighted by Gasteiger charge is -2.29. The molecule has 2 rings (SSSR count). The summed E-state index contributed by atoms with van der Waals surface area (Å²) in [5.74, 6) is -0.737. The molecule has 0 unspecified atom stereocenters. The summed E-state index contributed by atoms with van der Waals surface area (Å²) in [5.41, 5.74) is 6.14. The number of hydrogen-bond acceptors (Lipinski definition) is 8. The van der Waals surface area contributed by atoms with Gasteiger partial charge in [0, 0.05) is 13.1 Å². The van der Waals surface area contributed by atoms with Crippen LogP contribution in [0.15, 0.2) is 6.07 Å². The van der Waals surface area contributed by atoms with Gasteiger partial charge in [0.05, 0.1) is 26.4 Å². The zero-order chi connectivity index (χ0) is 16.8. The van der Waals surface area contributed by atoms with Crippen LogP contribution in [0, 0.1) is 0 Å². The molecule has 0 bridgehead atoms. The molecule has 1 fully saturated rings. The Hall–Kier alpha value is -2.35. The molecule has 8 nitrogen and oxygen atoms in total. The molecular formula is C15H21N3O5. The van der Waals surface area contributed by atoms with E-state index in [2.05, 4.69) is 4.98 Å². The molecule has 2 N–H and O–H groups in total. The maximum atomic E-state index is 12.2. The van der Waals surface area contributed by atoms with Crippen molar-refractivity contribution in [2.75, 3.05) is 50.2 Å². The van der Waals surface area contributed by atoms with Gasteiger partial charge in [-0.05, 0) is 19.9 Å². The fourth-order valence-electron chi connectivity index (χ4n) is 2.26. The summed E-state index contributed by atoms with van der Waals surface area (Å²) in [6, 6.07) is 1.39. The molecule has 1 aromatic heterocycles. The number of morpholine rings is 1. The lowest BCUT2D eigenvalue weighted by atomic mass is 10.1. The summed E-state index contributed by atoms with van der Waals surface area (Å²) >= 11 is 0. The fraction of sp³-hybridized carbons (Fsp3) is 0.533. The second-order valence-electron chi connectivity index (χ2n) is 4.83. The van der Waals surface area contributed by atoms with Crippen LogP contribution in [-0.4, -0.2) is 56.4 Å². The molecule has 2 heterocycles. The number of nitrogen functional groups attached to an aromatic ring is 1. The average molecular weight is 323 g/mol. The third-order valence-corrected chi connectivity index (χ3v) is 3.33. The number of rotatable bonds is 5. The summed E-state index contributed by atoms with van der Waals surface area (Å²) in [7, 11) is 0. The van der Waals surface area contributed by atoms with E-state index in [1.807, 2.05) is 4.90 Å². The molecule has 0 saturated carbocycles. The van der Waals surface area contributed by atoms with Crippen LogP contribution in [-0.2, 0) is 14.2 Å². The molecule has 1 aliphatic heterocycles. The topological polar surface area (TPSA) is 104 Å². The van der Waals surface area contributed by atoms with E-state index < -0.39 is 11.9 Å². The second kappa shape index (κ2) is 7.77. The number of anilines is 2. The van der Waals surface area contributed by atoms with E-state index in [-0.39, 0.29) is 30.2 Å². The average Bonchev–Trinajstić information content (AvgIpc) is 2.55. The van der Waals surface area contributed by atoms with Gasteiger partial charge in [-0.2, -0.15) is 0 Å². The number of nitrogens with two attached hydrogens (primary N) is 1. The minimum atomic E-state index is -0.614. The van der Waals surface area contributed by atoms with Crippen molar-refractivity contribution in [2.24, 2.45) is 0 Å². The molecule has 8 heteroatoms. The number of carbonyl (C=O) groups excluding carboxylic acids is 2. The van der Waals surface area contributed by atoms with Gasteiger partial charge in [0.25, 0.3) is 0 Å². The highest BCUT2D eigenvalue weighted by atomic mass is 16.5. The van der Waals surface area contributed by atoms with Crippen molar-refractivity contribution in [1.29, 1.82) is 0 Å². The van der Waals surface area contributed by atoms with Crippen LogP contribution in [0.3, 0.4) is 0 Å². The van der Waals surface area contributed by atoms with Gasteiger partial charge in [0.2, 0.25) is 0 Å². The van der Waals surface area contributed by atoms with E-state index in [4.69, 9.17) is 19.9 Å². The van der Waals surface area contributed by atoms with Crippen LogP contribution >= 0.6 is 0 Å². The molecule has 23 heavy (non-hydrogen) atoms. The molecule has 126 valence electrons. The summed E-state index contributed by atoms with van der Waals surface area (Å²) in [5, 5.41) is 0. The standard InChI is InChI=1S/C15H21N3O5/c1-3-22-14(19)10-9-11(15(20)23-4-2)13(17-12(10)16)18-5-7-21-8-6-18/h9H,3-8H2,1-2H3,(H2,16,17). The van der Waals surface area contributed by atoms with Crippen LogP contribution in [0.2, 0.25) is 0 Å². The quantitative estimate of drug-likeness (QED) is 0.795. The van der Waals surface area contributed by atoms with E-state index in [1.54, 1.807) is 13.8 Å². The molecule has 0 aromatic carbocycles. The highest BCUT2D eigenvalue weighted by Crippen LogP contribution is 2.25. The van der Waals surface area contributed by atoms with Gasteiger partial charge in [-0.1, -0.05) is 0 Å². The van der Waals surface area contributed by atoms with Crippen LogP contribution in [0.1, 0.15) is 34.6 Å². The fourth-order valence-corrected chi connectivity index (χ4v) is 2.26. The Labute approximate surface area is 134 Å². The molecule has 1 aromatic rings. The Balaban J connectivity index is 2.45. The minimum absolute atomic E-state index is 0.0259. The Bertz CT molecular complexity index is 585. The first kappa shape index (κ1) is 17.0. The third kappa shape index (κ3) is 3.89. The molecular weight excluding hydrogens is 302 g/mol. The second-order valence-corrected chi connectivity index (χ2v) is 4.83.